The van der Waals surface area contributed by atoms with Crippen molar-refractivity contribution < 1.29 is 9.59 Å². The van der Waals surface area contributed by atoms with Gasteiger partial charge in [-0.05, 0) is 50.4 Å². The lowest BCUT2D eigenvalue weighted by atomic mass is 9.98. The molecule has 2 aromatic heterocycles. The molecule has 0 bridgehead atoms. The van der Waals surface area contributed by atoms with Gasteiger partial charge in [0.1, 0.15) is 5.69 Å². The zero-order valence-electron chi connectivity index (χ0n) is 17.0. The summed E-state index contributed by atoms with van der Waals surface area (Å²) in [5.74, 6) is 0.444. The molecular weight excluding hydrogens is 396 g/mol. The first kappa shape index (κ1) is 19.5. The third-order valence-electron chi connectivity index (χ3n) is 6.16. The number of fused-ring (bicyclic) bond motifs is 1. The Labute approximate surface area is 179 Å². The number of H-pyrrole nitrogens is 1. The lowest BCUT2D eigenvalue weighted by Gasteiger charge is -2.31. The highest BCUT2D eigenvalue weighted by Gasteiger charge is 2.26. The van der Waals surface area contributed by atoms with Gasteiger partial charge in [0.25, 0.3) is 5.91 Å². The Morgan fingerprint density at radius 3 is 2.80 bits per heavy atom. The van der Waals surface area contributed by atoms with Crippen LogP contribution in [0.1, 0.15) is 57.5 Å². The van der Waals surface area contributed by atoms with Crippen molar-refractivity contribution in [3.63, 3.8) is 0 Å². The van der Waals surface area contributed by atoms with Crippen LogP contribution in [0.3, 0.4) is 0 Å². The van der Waals surface area contributed by atoms with E-state index in [1.807, 2.05) is 11.0 Å². The van der Waals surface area contributed by atoms with Crippen molar-refractivity contribution in [1.29, 1.82) is 0 Å². The average Bonchev–Trinajstić information content (AvgIpc) is 3.54. The predicted octanol–water partition coefficient (Wildman–Crippen LogP) is 3.92. The average molecular weight is 423 g/mol. The molecule has 2 aliphatic rings. The van der Waals surface area contributed by atoms with E-state index in [-0.39, 0.29) is 11.7 Å². The van der Waals surface area contributed by atoms with E-state index in [2.05, 4.69) is 28.1 Å². The number of rotatable bonds is 5. The third-order valence-corrected chi connectivity index (χ3v) is 7.36. The van der Waals surface area contributed by atoms with Crippen molar-refractivity contribution in [2.75, 3.05) is 32.7 Å². The second-order valence-electron chi connectivity index (χ2n) is 8.32. The Balaban J connectivity index is 1.23. The van der Waals surface area contributed by atoms with Crippen molar-refractivity contribution in [2.45, 2.75) is 31.6 Å². The summed E-state index contributed by atoms with van der Waals surface area (Å²) in [7, 11) is 0. The first-order valence-electron chi connectivity index (χ1n) is 10.8. The van der Waals surface area contributed by atoms with Crippen LogP contribution in [0.4, 0.5) is 0 Å². The number of nitrogens with zero attached hydrogens (tertiary/aromatic N) is 3. The van der Waals surface area contributed by atoms with Gasteiger partial charge in [0.05, 0.1) is 21.8 Å². The molecule has 156 valence electrons. The maximum absolute atomic E-state index is 12.9. The van der Waals surface area contributed by atoms with Gasteiger partial charge in [-0.2, -0.15) is 0 Å². The van der Waals surface area contributed by atoms with Crippen molar-refractivity contribution in [2.24, 2.45) is 0 Å². The molecule has 2 saturated heterocycles. The topological polar surface area (TPSA) is 69.3 Å². The molecule has 7 heteroatoms. The fourth-order valence-electron chi connectivity index (χ4n) is 4.53. The number of ketones is 1. The van der Waals surface area contributed by atoms with E-state index >= 15 is 0 Å². The summed E-state index contributed by atoms with van der Waals surface area (Å²) in [6.07, 6.45) is 5.98. The number of carbonyl (C=O) groups excluding carboxylic acids is 2. The molecule has 6 nitrogen and oxygen atoms in total. The molecule has 0 saturated carbocycles. The zero-order valence-corrected chi connectivity index (χ0v) is 17.8. The fourth-order valence-corrected chi connectivity index (χ4v) is 5.62. The normalized spacial score (nSPS) is 20.1. The summed E-state index contributed by atoms with van der Waals surface area (Å²) < 4.78 is 1.23. The van der Waals surface area contributed by atoms with Crippen LogP contribution in [0.15, 0.2) is 36.5 Å². The van der Waals surface area contributed by atoms with Crippen LogP contribution in [0, 0.1) is 0 Å². The number of carbonyl (C=O) groups is 2. The largest absolute Gasteiger partial charge is 0.356 e. The van der Waals surface area contributed by atoms with Crippen LogP contribution in [0.5, 0.6) is 0 Å². The Bertz CT molecular complexity index is 1030. The molecule has 1 aromatic carbocycles. The number of nitrogens with one attached hydrogen (secondary N) is 1. The first-order chi connectivity index (χ1) is 14.7. The lowest BCUT2D eigenvalue weighted by molar-refractivity contribution is 0.0787. The number of hydrogen-bond acceptors (Lipinski definition) is 5. The molecule has 3 aromatic rings. The SMILES string of the molecule is O=C(CN1CCC[C@@H](c2nc3ccccc3s2)C1)c1c[nH]c(C(=O)N2CCCC2)c1. The number of amides is 1. The lowest BCUT2D eigenvalue weighted by Crippen LogP contribution is -2.38. The summed E-state index contributed by atoms with van der Waals surface area (Å²) >= 11 is 1.77. The van der Waals surface area contributed by atoms with Gasteiger partial charge in [0, 0.05) is 37.3 Å². The number of piperidine rings is 1. The van der Waals surface area contributed by atoms with E-state index < -0.39 is 0 Å². The number of thiazole rings is 1. The Kier molecular flexibility index (Phi) is 5.39. The number of Topliss-reactive ketones (excluding diaryl/α,β-unsaturated/α-hetero) is 1. The Hall–Kier alpha value is -2.51. The van der Waals surface area contributed by atoms with Gasteiger partial charge in [0.2, 0.25) is 0 Å². The van der Waals surface area contributed by atoms with Crippen LogP contribution in [0.25, 0.3) is 10.2 Å². The predicted molar refractivity (Wildman–Crippen MR) is 118 cm³/mol. The number of hydrogen-bond donors (Lipinski definition) is 1. The van der Waals surface area contributed by atoms with Gasteiger partial charge in [-0.1, -0.05) is 12.1 Å². The maximum Gasteiger partial charge on any atom is 0.270 e. The summed E-state index contributed by atoms with van der Waals surface area (Å²) in [5, 5.41) is 1.17. The van der Waals surface area contributed by atoms with Gasteiger partial charge >= 0.3 is 0 Å². The van der Waals surface area contributed by atoms with Crippen LogP contribution in [-0.4, -0.2) is 64.2 Å². The van der Waals surface area contributed by atoms with E-state index in [0.29, 0.717) is 23.7 Å². The molecule has 0 spiro atoms. The number of aromatic nitrogens is 2. The first-order valence-corrected chi connectivity index (χ1v) is 11.6. The van der Waals surface area contributed by atoms with Crippen molar-refractivity contribution >= 4 is 33.2 Å². The molecule has 30 heavy (non-hydrogen) atoms. The minimum atomic E-state index is 0.000391. The summed E-state index contributed by atoms with van der Waals surface area (Å²) in [5.41, 5.74) is 2.18. The highest BCUT2D eigenvalue weighted by molar-refractivity contribution is 7.18. The van der Waals surface area contributed by atoms with E-state index in [1.54, 1.807) is 23.6 Å². The highest BCUT2D eigenvalue weighted by atomic mass is 32.1. The third kappa shape index (κ3) is 3.91. The van der Waals surface area contributed by atoms with Gasteiger partial charge in [-0.15, -0.1) is 11.3 Å². The fraction of sp³-hybridized carbons (Fsp3) is 0.435. The number of aromatic amines is 1. The smallest absolute Gasteiger partial charge is 0.270 e. The van der Waals surface area contributed by atoms with Crippen LogP contribution in [0.2, 0.25) is 0 Å². The second kappa shape index (κ2) is 8.32. The van der Waals surface area contributed by atoms with Gasteiger partial charge in [0.15, 0.2) is 5.78 Å². The molecule has 0 aliphatic carbocycles. The van der Waals surface area contributed by atoms with Crippen molar-refractivity contribution in [3.8, 4) is 0 Å². The maximum atomic E-state index is 12.9. The molecule has 1 atom stereocenters. The molecule has 2 fully saturated rings. The standard InChI is InChI=1S/C23H26N4O2S/c28-20(17-12-19(24-13-17)23(29)27-10-3-4-11-27)15-26-9-5-6-16(14-26)22-25-18-7-1-2-8-21(18)30-22/h1-2,7-8,12-13,16,24H,3-6,9-11,14-15H2/t16-/m1/s1. The highest BCUT2D eigenvalue weighted by Crippen LogP contribution is 2.33. The number of benzene rings is 1. The molecule has 5 rings (SSSR count). The second-order valence-corrected chi connectivity index (χ2v) is 9.38. The van der Waals surface area contributed by atoms with E-state index in [4.69, 9.17) is 4.98 Å². The minimum absolute atomic E-state index is 0.000391. The molecule has 0 unspecified atom stereocenters. The Morgan fingerprint density at radius 2 is 1.97 bits per heavy atom. The minimum Gasteiger partial charge on any atom is -0.356 e. The van der Waals surface area contributed by atoms with Gasteiger partial charge in [-0.3, -0.25) is 14.5 Å². The monoisotopic (exact) mass is 422 g/mol. The van der Waals surface area contributed by atoms with Crippen molar-refractivity contribution in [3.05, 3.63) is 52.8 Å². The van der Waals surface area contributed by atoms with Gasteiger partial charge < -0.3 is 9.88 Å². The number of para-hydroxylation sites is 1. The number of likely N-dealkylation sites (tertiary alicyclic amines) is 2. The molecule has 1 amide bonds. The quantitative estimate of drug-likeness (QED) is 0.633. The summed E-state index contributed by atoms with van der Waals surface area (Å²) in [4.78, 5) is 37.3. The summed E-state index contributed by atoms with van der Waals surface area (Å²) in [6.45, 7) is 3.79. The molecule has 4 heterocycles. The zero-order chi connectivity index (χ0) is 20.5. The molecule has 2 aliphatic heterocycles. The molecule has 1 N–H and O–H groups in total. The Morgan fingerprint density at radius 1 is 1.13 bits per heavy atom. The summed E-state index contributed by atoms with van der Waals surface area (Å²) in [6, 6.07) is 9.98. The van der Waals surface area contributed by atoms with Crippen molar-refractivity contribution in [1.82, 2.24) is 19.8 Å². The van der Waals surface area contributed by atoms with E-state index in [9.17, 15) is 9.59 Å². The molecule has 0 radical (unpaired) electrons. The molecular formula is C23H26N4O2S. The van der Waals surface area contributed by atoms with E-state index in [0.717, 1.165) is 57.4 Å². The van der Waals surface area contributed by atoms with E-state index in [1.165, 1.54) is 9.71 Å². The van der Waals surface area contributed by atoms with Crippen LogP contribution < -0.4 is 0 Å². The van der Waals surface area contributed by atoms with Crippen LogP contribution >= 0.6 is 11.3 Å². The van der Waals surface area contributed by atoms with Gasteiger partial charge in [-0.25, -0.2) is 4.98 Å². The van der Waals surface area contributed by atoms with Crippen LogP contribution in [-0.2, 0) is 0 Å².